The highest BCUT2D eigenvalue weighted by atomic mass is 35.5. The van der Waals surface area contributed by atoms with Gasteiger partial charge in [-0.2, -0.15) is 13.2 Å². The highest BCUT2D eigenvalue weighted by Crippen LogP contribution is 2.36. The molecule has 0 aromatic heterocycles. The van der Waals surface area contributed by atoms with Crippen molar-refractivity contribution in [1.82, 2.24) is 0 Å². The zero-order chi connectivity index (χ0) is 23.4. The molecule has 1 N–H and O–H groups in total. The molecular weight excluding hydrogens is 445 g/mol. The van der Waals surface area contributed by atoms with Gasteiger partial charge in [-0.05, 0) is 60.2 Å². The van der Waals surface area contributed by atoms with E-state index in [4.69, 9.17) is 11.6 Å². The average molecular weight is 463 g/mol. The quantitative estimate of drug-likeness (QED) is 0.398. The van der Waals surface area contributed by atoms with Crippen LogP contribution in [0, 0.1) is 5.92 Å². The van der Waals surface area contributed by atoms with Crippen molar-refractivity contribution in [2.24, 2.45) is 5.92 Å². The molecule has 0 saturated heterocycles. The molecule has 8 heteroatoms. The zero-order valence-corrected chi connectivity index (χ0v) is 17.6. The first-order valence-corrected chi connectivity index (χ1v) is 10.00. The summed E-state index contributed by atoms with van der Waals surface area (Å²) in [6.45, 7) is 1.92. The Morgan fingerprint density at radius 2 is 1.69 bits per heavy atom. The van der Waals surface area contributed by atoms with Crippen LogP contribution < -0.4 is 4.74 Å². The van der Waals surface area contributed by atoms with E-state index in [-0.39, 0.29) is 28.6 Å². The summed E-state index contributed by atoms with van der Waals surface area (Å²) in [5.74, 6) is -1.69. The maximum atomic E-state index is 13.2. The van der Waals surface area contributed by atoms with Crippen LogP contribution in [-0.2, 0) is 9.59 Å². The van der Waals surface area contributed by atoms with Crippen molar-refractivity contribution in [1.29, 1.82) is 0 Å². The molecule has 2 aromatic rings. The summed E-state index contributed by atoms with van der Waals surface area (Å²) in [7, 11) is 0. The van der Waals surface area contributed by atoms with E-state index in [1.54, 1.807) is 30.3 Å². The van der Waals surface area contributed by atoms with Crippen LogP contribution in [0.3, 0.4) is 0 Å². The highest BCUT2D eigenvalue weighted by Gasteiger charge is 2.30. The fourth-order valence-corrected chi connectivity index (χ4v) is 3.66. The highest BCUT2D eigenvalue weighted by molar-refractivity contribution is 6.31. The maximum absolute atomic E-state index is 13.2. The molecule has 1 fully saturated rings. The second-order valence-electron chi connectivity index (χ2n) is 7.38. The lowest BCUT2D eigenvalue weighted by Crippen LogP contribution is -2.21. The molecule has 32 heavy (non-hydrogen) atoms. The fourth-order valence-electron chi connectivity index (χ4n) is 3.53. The Morgan fingerprint density at radius 1 is 1.06 bits per heavy atom. The van der Waals surface area contributed by atoms with Crippen LogP contribution in [-0.4, -0.2) is 16.9 Å². The first-order chi connectivity index (χ1) is 15.2. The lowest BCUT2D eigenvalue weighted by atomic mass is 9.78. The molecule has 0 radical (unpaired) electrons. The molecule has 2 aromatic carbocycles. The molecule has 0 amide bonds. The Bertz CT molecular complexity index is 1130. The van der Waals surface area contributed by atoms with Gasteiger partial charge in [-0.25, -0.2) is 4.79 Å². The van der Waals surface area contributed by atoms with E-state index in [0.29, 0.717) is 34.6 Å². The van der Waals surface area contributed by atoms with Crippen molar-refractivity contribution >= 4 is 35.0 Å². The molecule has 1 atom stereocenters. The van der Waals surface area contributed by atoms with Crippen LogP contribution in [0.15, 0.2) is 71.8 Å². The smallest absolute Gasteiger partial charge is 0.344 e. The molecule has 0 heterocycles. The third kappa shape index (κ3) is 5.48. The van der Waals surface area contributed by atoms with Gasteiger partial charge >= 0.3 is 18.1 Å². The second kappa shape index (κ2) is 9.87. The molecular formula is C24H18ClF3O4. The van der Waals surface area contributed by atoms with E-state index in [1.165, 1.54) is 24.3 Å². The predicted molar refractivity (Wildman–Crippen MR) is 115 cm³/mol. The van der Waals surface area contributed by atoms with E-state index in [1.807, 2.05) is 6.92 Å². The number of carboxylic acids is 1. The van der Waals surface area contributed by atoms with Gasteiger partial charge in [0, 0.05) is 16.2 Å². The number of Topliss-reactive ketones (excluding diaryl/α,β-unsaturated/α-hetero) is 1. The molecule has 0 spiro atoms. The number of aliphatic carboxylic acids is 1. The normalized spacial score (nSPS) is 19.0. The van der Waals surface area contributed by atoms with Crippen molar-refractivity contribution in [2.75, 3.05) is 0 Å². The van der Waals surface area contributed by atoms with Crippen molar-refractivity contribution in [3.63, 3.8) is 0 Å². The number of hydrogen-bond donors (Lipinski definition) is 1. The van der Waals surface area contributed by atoms with E-state index in [9.17, 15) is 27.9 Å². The number of carbonyl (C=O) groups excluding carboxylic acids is 1. The van der Waals surface area contributed by atoms with Crippen LogP contribution in [0.25, 0.3) is 11.6 Å². The number of rotatable bonds is 5. The average Bonchev–Trinajstić information content (AvgIpc) is 2.74. The van der Waals surface area contributed by atoms with Gasteiger partial charge in [0.1, 0.15) is 5.75 Å². The van der Waals surface area contributed by atoms with Gasteiger partial charge in [0.05, 0.1) is 5.57 Å². The molecule has 1 aliphatic carbocycles. The number of carbonyl (C=O) groups is 2. The second-order valence-corrected chi connectivity index (χ2v) is 7.82. The Morgan fingerprint density at radius 3 is 2.25 bits per heavy atom. The molecule has 0 bridgehead atoms. The zero-order valence-electron chi connectivity index (χ0n) is 16.9. The van der Waals surface area contributed by atoms with Crippen LogP contribution >= 0.6 is 11.6 Å². The number of halogens is 4. The van der Waals surface area contributed by atoms with Crippen LogP contribution in [0.2, 0.25) is 5.02 Å². The summed E-state index contributed by atoms with van der Waals surface area (Å²) in [6, 6.07) is 9.80. The predicted octanol–water partition coefficient (Wildman–Crippen LogP) is 6.67. The van der Waals surface area contributed by atoms with E-state index >= 15 is 0 Å². The number of carboxylic acid groups (broad SMARTS) is 1. The molecule has 3 rings (SSSR count). The SMILES string of the molecule is CC1CC(=Cc2ccc(OC(F)=C(F)F)cc2)C(=O)C(=C(C(=O)O)c2ccc(Cl)cc2)C1. The summed E-state index contributed by atoms with van der Waals surface area (Å²) >= 11 is 5.89. The van der Waals surface area contributed by atoms with Gasteiger partial charge in [-0.1, -0.05) is 42.8 Å². The van der Waals surface area contributed by atoms with E-state index in [2.05, 4.69) is 4.74 Å². The monoisotopic (exact) mass is 462 g/mol. The fraction of sp³-hybridized carbons (Fsp3) is 0.167. The molecule has 1 aliphatic rings. The minimum absolute atomic E-state index is 0.0185. The Labute approximate surface area is 187 Å². The Kier molecular flexibility index (Phi) is 7.20. The third-order valence-corrected chi connectivity index (χ3v) is 5.16. The van der Waals surface area contributed by atoms with E-state index in [0.717, 1.165) is 0 Å². The van der Waals surface area contributed by atoms with Gasteiger partial charge < -0.3 is 9.84 Å². The lowest BCUT2D eigenvalue weighted by molar-refractivity contribution is -0.130. The largest absolute Gasteiger partial charge is 0.478 e. The number of ether oxygens (including phenoxy) is 1. The van der Waals surface area contributed by atoms with Crippen molar-refractivity contribution in [2.45, 2.75) is 19.8 Å². The van der Waals surface area contributed by atoms with Crippen molar-refractivity contribution < 1.29 is 32.6 Å². The Hall–Kier alpha value is -3.32. The molecule has 1 unspecified atom stereocenters. The van der Waals surface area contributed by atoms with Crippen LogP contribution in [0.4, 0.5) is 13.2 Å². The summed E-state index contributed by atoms with van der Waals surface area (Å²) in [5.41, 5.74) is 1.50. The van der Waals surface area contributed by atoms with Gasteiger partial charge in [0.25, 0.3) is 0 Å². The van der Waals surface area contributed by atoms with Gasteiger partial charge in [0.2, 0.25) is 0 Å². The summed E-state index contributed by atoms with van der Waals surface area (Å²) in [5, 5.41) is 10.3. The summed E-state index contributed by atoms with van der Waals surface area (Å²) in [6.07, 6.45) is -0.204. The molecule has 1 saturated carbocycles. The number of benzene rings is 2. The molecule has 4 nitrogen and oxygen atoms in total. The standard InChI is InChI=1S/C24H18ClF3O4/c1-13-10-16(12-14-2-8-18(9-3-14)32-23(28)22(26)27)21(29)19(11-13)20(24(30)31)15-4-6-17(25)7-5-15/h2-9,12-13H,10-11H2,1H3,(H,30,31). The maximum Gasteiger partial charge on any atom is 0.344 e. The summed E-state index contributed by atoms with van der Waals surface area (Å²) in [4.78, 5) is 25.2. The number of ketones is 1. The minimum Gasteiger partial charge on any atom is -0.478 e. The topological polar surface area (TPSA) is 63.6 Å². The number of allylic oxidation sites excluding steroid dienone is 2. The first-order valence-electron chi connectivity index (χ1n) is 9.62. The van der Waals surface area contributed by atoms with Gasteiger partial charge in [-0.15, -0.1) is 0 Å². The molecule has 166 valence electrons. The molecule has 0 aliphatic heterocycles. The Balaban J connectivity index is 1.96. The minimum atomic E-state index is -2.56. The summed E-state index contributed by atoms with van der Waals surface area (Å²) < 4.78 is 41.6. The number of hydrogen-bond acceptors (Lipinski definition) is 3. The lowest BCUT2D eigenvalue weighted by Gasteiger charge is -2.24. The van der Waals surface area contributed by atoms with Crippen LogP contribution in [0.1, 0.15) is 30.9 Å². The van der Waals surface area contributed by atoms with Gasteiger partial charge in [-0.3, -0.25) is 4.79 Å². The van der Waals surface area contributed by atoms with Crippen LogP contribution in [0.5, 0.6) is 5.75 Å². The van der Waals surface area contributed by atoms with Crippen molar-refractivity contribution in [3.05, 3.63) is 87.9 Å². The third-order valence-electron chi connectivity index (χ3n) is 4.91. The first kappa shape index (κ1) is 23.3. The van der Waals surface area contributed by atoms with E-state index < -0.39 is 18.1 Å². The van der Waals surface area contributed by atoms with Gasteiger partial charge in [0.15, 0.2) is 5.78 Å². The van der Waals surface area contributed by atoms with Crippen molar-refractivity contribution in [3.8, 4) is 5.75 Å².